The smallest absolute Gasteiger partial charge is 0.0638 e. The molecule has 106 valence electrons. The van der Waals surface area contributed by atoms with Crippen molar-refractivity contribution in [3.05, 3.63) is 35.4 Å². The van der Waals surface area contributed by atoms with E-state index in [-0.39, 0.29) is 11.6 Å². The van der Waals surface area contributed by atoms with Gasteiger partial charge in [-0.05, 0) is 52.3 Å². The lowest BCUT2D eigenvalue weighted by atomic mass is 9.85. The second-order valence-electron chi connectivity index (χ2n) is 6.21. The molecule has 1 heterocycles. The average molecular weight is 261 g/mol. The van der Waals surface area contributed by atoms with Crippen LogP contribution in [0.15, 0.2) is 24.3 Å². The zero-order chi connectivity index (χ0) is 13.9. The summed E-state index contributed by atoms with van der Waals surface area (Å²) in [6.45, 7) is 9.06. The molecule has 0 saturated carbocycles. The van der Waals surface area contributed by atoms with Crippen molar-refractivity contribution in [1.29, 1.82) is 0 Å². The third kappa shape index (κ3) is 3.16. The summed E-state index contributed by atoms with van der Waals surface area (Å²) in [6.07, 6.45) is 3.96. The van der Waals surface area contributed by atoms with Crippen LogP contribution in [0, 0.1) is 6.92 Å². The molecule has 0 aromatic heterocycles. The molecule has 3 nitrogen and oxygen atoms in total. The van der Waals surface area contributed by atoms with Crippen molar-refractivity contribution in [3.63, 3.8) is 0 Å². The van der Waals surface area contributed by atoms with Gasteiger partial charge in [-0.3, -0.25) is 16.2 Å². The summed E-state index contributed by atoms with van der Waals surface area (Å²) in [6, 6.07) is 8.85. The van der Waals surface area contributed by atoms with Crippen molar-refractivity contribution in [2.24, 2.45) is 5.84 Å². The van der Waals surface area contributed by atoms with E-state index in [2.05, 4.69) is 55.4 Å². The summed E-state index contributed by atoms with van der Waals surface area (Å²) < 4.78 is 0. The first-order chi connectivity index (χ1) is 9.05. The summed E-state index contributed by atoms with van der Waals surface area (Å²) in [4.78, 5) is 2.57. The summed E-state index contributed by atoms with van der Waals surface area (Å²) in [5.41, 5.74) is 5.62. The van der Waals surface area contributed by atoms with Crippen LogP contribution in [0.3, 0.4) is 0 Å². The summed E-state index contributed by atoms with van der Waals surface area (Å²) >= 11 is 0. The number of piperidine rings is 1. The highest BCUT2D eigenvalue weighted by atomic mass is 15.3. The Morgan fingerprint density at radius 1 is 1.11 bits per heavy atom. The van der Waals surface area contributed by atoms with Crippen LogP contribution in [-0.2, 0) is 0 Å². The monoisotopic (exact) mass is 261 g/mol. The van der Waals surface area contributed by atoms with Gasteiger partial charge in [-0.15, -0.1) is 0 Å². The largest absolute Gasteiger partial charge is 0.296 e. The van der Waals surface area contributed by atoms with Crippen molar-refractivity contribution in [2.75, 3.05) is 13.1 Å². The lowest BCUT2D eigenvalue weighted by molar-refractivity contribution is 0.0608. The van der Waals surface area contributed by atoms with E-state index in [1.807, 2.05) is 0 Å². The minimum absolute atomic E-state index is 0.0322. The van der Waals surface area contributed by atoms with E-state index in [1.54, 1.807) is 0 Å². The molecule has 0 aliphatic carbocycles. The summed E-state index contributed by atoms with van der Waals surface area (Å²) in [5, 5.41) is 0. The minimum atomic E-state index is 0.0322. The third-order valence-electron chi connectivity index (χ3n) is 4.45. The number of nitrogens with two attached hydrogens (primary N) is 1. The van der Waals surface area contributed by atoms with Crippen LogP contribution in [0.1, 0.15) is 50.3 Å². The van der Waals surface area contributed by atoms with Crippen LogP contribution in [0.4, 0.5) is 0 Å². The van der Waals surface area contributed by atoms with E-state index in [4.69, 9.17) is 5.84 Å². The summed E-state index contributed by atoms with van der Waals surface area (Å²) in [5.74, 6) is 5.86. The molecule has 3 N–H and O–H groups in total. The second kappa shape index (κ2) is 6.04. The SMILES string of the molecule is Cc1ccc(C(NN)C(C)(C)N2CCCCC2)cc1. The van der Waals surface area contributed by atoms with Crippen molar-refractivity contribution in [2.45, 2.75) is 51.6 Å². The van der Waals surface area contributed by atoms with Gasteiger partial charge in [0.05, 0.1) is 6.04 Å². The number of aryl methyl sites for hydroxylation is 1. The number of hydrogen-bond donors (Lipinski definition) is 2. The Morgan fingerprint density at radius 3 is 2.21 bits per heavy atom. The molecule has 0 bridgehead atoms. The number of rotatable bonds is 4. The number of likely N-dealkylation sites (tertiary alicyclic amines) is 1. The van der Waals surface area contributed by atoms with E-state index in [0.717, 1.165) is 0 Å². The van der Waals surface area contributed by atoms with Crippen LogP contribution in [0.5, 0.6) is 0 Å². The molecule has 0 spiro atoms. The molecule has 1 fully saturated rings. The maximum absolute atomic E-state index is 5.86. The molecule has 1 unspecified atom stereocenters. The maximum atomic E-state index is 5.86. The first-order valence-corrected chi connectivity index (χ1v) is 7.33. The number of benzene rings is 1. The molecule has 1 aliphatic heterocycles. The summed E-state index contributed by atoms with van der Waals surface area (Å²) in [7, 11) is 0. The Labute approximate surface area is 117 Å². The Morgan fingerprint density at radius 2 is 1.68 bits per heavy atom. The first-order valence-electron chi connectivity index (χ1n) is 7.33. The molecule has 2 rings (SSSR count). The minimum Gasteiger partial charge on any atom is -0.296 e. The topological polar surface area (TPSA) is 41.3 Å². The molecule has 1 saturated heterocycles. The first kappa shape index (κ1) is 14.5. The fraction of sp³-hybridized carbons (Fsp3) is 0.625. The van der Waals surface area contributed by atoms with Crippen LogP contribution in [0.2, 0.25) is 0 Å². The van der Waals surface area contributed by atoms with E-state index in [9.17, 15) is 0 Å². The standard InChI is InChI=1S/C16H27N3/c1-13-7-9-14(10-8-13)15(18-17)16(2,3)19-11-5-4-6-12-19/h7-10,15,18H,4-6,11-12,17H2,1-3H3. The highest BCUT2D eigenvalue weighted by Gasteiger charge is 2.36. The van der Waals surface area contributed by atoms with Crippen molar-refractivity contribution >= 4 is 0 Å². The highest BCUT2D eigenvalue weighted by Crippen LogP contribution is 2.32. The van der Waals surface area contributed by atoms with Crippen LogP contribution in [0.25, 0.3) is 0 Å². The van der Waals surface area contributed by atoms with E-state index in [0.29, 0.717) is 0 Å². The molecule has 3 heteroatoms. The van der Waals surface area contributed by atoms with Crippen LogP contribution < -0.4 is 11.3 Å². The number of hydrazine groups is 1. The molecule has 1 atom stereocenters. The molecular formula is C16H27N3. The van der Waals surface area contributed by atoms with Crippen LogP contribution >= 0.6 is 0 Å². The van der Waals surface area contributed by atoms with Gasteiger partial charge in [0, 0.05) is 5.54 Å². The van der Waals surface area contributed by atoms with Crippen molar-refractivity contribution in [1.82, 2.24) is 10.3 Å². The van der Waals surface area contributed by atoms with Gasteiger partial charge in [0.1, 0.15) is 0 Å². The predicted octanol–water partition coefficient (Wildman–Crippen LogP) is 2.76. The number of nitrogens with zero attached hydrogens (tertiary/aromatic N) is 1. The van der Waals surface area contributed by atoms with Crippen LogP contribution in [-0.4, -0.2) is 23.5 Å². The second-order valence-corrected chi connectivity index (χ2v) is 6.21. The highest BCUT2D eigenvalue weighted by molar-refractivity contribution is 5.26. The molecule has 0 amide bonds. The predicted molar refractivity (Wildman–Crippen MR) is 80.7 cm³/mol. The Balaban J connectivity index is 2.21. The Kier molecular flexibility index (Phi) is 4.61. The van der Waals surface area contributed by atoms with Crippen molar-refractivity contribution < 1.29 is 0 Å². The molecule has 1 aromatic carbocycles. The Bertz CT molecular complexity index is 391. The molecule has 19 heavy (non-hydrogen) atoms. The Hall–Kier alpha value is -0.900. The van der Waals surface area contributed by atoms with Gasteiger partial charge < -0.3 is 0 Å². The normalized spacial score (nSPS) is 19.4. The lowest BCUT2D eigenvalue weighted by Crippen LogP contribution is -2.55. The van der Waals surface area contributed by atoms with Gasteiger partial charge in [0.2, 0.25) is 0 Å². The van der Waals surface area contributed by atoms with Gasteiger partial charge in [0.25, 0.3) is 0 Å². The van der Waals surface area contributed by atoms with Gasteiger partial charge in [-0.1, -0.05) is 36.2 Å². The van der Waals surface area contributed by atoms with Gasteiger partial charge in [-0.2, -0.15) is 0 Å². The molecule has 0 radical (unpaired) electrons. The van der Waals surface area contributed by atoms with E-state index in [1.165, 1.54) is 43.5 Å². The third-order valence-corrected chi connectivity index (χ3v) is 4.45. The number of hydrogen-bond acceptors (Lipinski definition) is 3. The quantitative estimate of drug-likeness (QED) is 0.647. The van der Waals surface area contributed by atoms with Crippen molar-refractivity contribution in [3.8, 4) is 0 Å². The van der Waals surface area contributed by atoms with Gasteiger partial charge in [-0.25, -0.2) is 0 Å². The average Bonchev–Trinajstić information content (AvgIpc) is 2.42. The zero-order valence-corrected chi connectivity index (χ0v) is 12.4. The molecule has 1 aromatic rings. The fourth-order valence-corrected chi connectivity index (χ4v) is 3.12. The zero-order valence-electron chi connectivity index (χ0n) is 12.4. The maximum Gasteiger partial charge on any atom is 0.0638 e. The van der Waals surface area contributed by atoms with Gasteiger partial charge >= 0.3 is 0 Å². The fourth-order valence-electron chi connectivity index (χ4n) is 3.12. The number of nitrogens with one attached hydrogen (secondary N) is 1. The van der Waals surface area contributed by atoms with Gasteiger partial charge in [0.15, 0.2) is 0 Å². The molecule has 1 aliphatic rings. The lowest BCUT2D eigenvalue weighted by Gasteiger charge is -2.46. The molecular weight excluding hydrogens is 234 g/mol. The van der Waals surface area contributed by atoms with E-state index >= 15 is 0 Å². The van der Waals surface area contributed by atoms with E-state index < -0.39 is 0 Å².